The number of fused-ring (bicyclic) bond motifs is 1. The molecule has 0 bridgehead atoms. The van der Waals surface area contributed by atoms with Crippen LogP contribution in [-0.2, 0) is 9.59 Å². The molecule has 1 amide bonds. The molecule has 3 atom stereocenters. The van der Waals surface area contributed by atoms with E-state index in [9.17, 15) is 19.1 Å². The molecule has 1 saturated heterocycles. The molecule has 1 aromatic rings. The zero-order valence-corrected chi connectivity index (χ0v) is 13.2. The highest BCUT2D eigenvalue weighted by atomic mass is 35.5. The largest absolute Gasteiger partial charge is 0.480 e. The number of carbonyl (C=O) groups excluding carboxylic acids is 1. The molecule has 0 aromatic heterocycles. The highest BCUT2D eigenvalue weighted by Crippen LogP contribution is 2.41. The third-order valence-electron chi connectivity index (χ3n) is 4.58. The van der Waals surface area contributed by atoms with Gasteiger partial charge in [-0.15, -0.1) is 0 Å². The van der Waals surface area contributed by atoms with Crippen LogP contribution in [-0.4, -0.2) is 34.0 Å². The third-order valence-corrected chi connectivity index (χ3v) is 4.88. The topological polar surface area (TPSA) is 83.6 Å². The van der Waals surface area contributed by atoms with Gasteiger partial charge in [-0.2, -0.15) is 0 Å². The maximum Gasteiger partial charge on any atom is 0.326 e. The van der Waals surface area contributed by atoms with E-state index in [1.807, 2.05) is 0 Å². The van der Waals surface area contributed by atoms with Crippen LogP contribution in [0.3, 0.4) is 0 Å². The zero-order chi connectivity index (χ0) is 16.9. The smallest absolute Gasteiger partial charge is 0.326 e. The number of rotatable bonds is 2. The molecule has 3 unspecified atom stereocenters. The Morgan fingerprint density at radius 3 is 2.83 bits per heavy atom. The van der Waals surface area contributed by atoms with E-state index in [0.29, 0.717) is 18.4 Å². The number of hydrogen-bond donors (Lipinski definition) is 2. The lowest BCUT2D eigenvalue weighted by molar-refractivity contribution is -0.149. The number of carboxylic acids is 1. The van der Waals surface area contributed by atoms with Gasteiger partial charge >= 0.3 is 5.97 Å². The van der Waals surface area contributed by atoms with E-state index >= 15 is 0 Å². The van der Waals surface area contributed by atoms with Crippen molar-refractivity contribution in [1.82, 2.24) is 4.90 Å². The van der Waals surface area contributed by atoms with Gasteiger partial charge in [-0.25, -0.2) is 9.18 Å². The maximum atomic E-state index is 14.3. The van der Waals surface area contributed by atoms with Gasteiger partial charge < -0.3 is 15.7 Å². The van der Waals surface area contributed by atoms with Gasteiger partial charge in [-0.05, 0) is 36.5 Å². The van der Waals surface area contributed by atoms with Crippen LogP contribution in [0.1, 0.15) is 25.3 Å². The number of aliphatic carboxylic acids is 1. The predicted octanol–water partition coefficient (Wildman–Crippen LogP) is 2.54. The molecular weight excluding hydrogens is 323 g/mol. The van der Waals surface area contributed by atoms with E-state index in [2.05, 4.69) is 0 Å². The number of carbonyl (C=O) groups is 2. The Hall–Kier alpha value is -2.08. The lowest BCUT2D eigenvalue weighted by atomic mass is 9.91. The van der Waals surface area contributed by atoms with Gasteiger partial charge in [0, 0.05) is 23.4 Å². The van der Waals surface area contributed by atoms with Crippen LogP contribution in [0.2, 0.25) is 5.02 Å². The van der Waals surface area contributed by atoms with E-state index in [4.69, 9.17) is 17.3 Å². The van der Waals surface area contributed by atoms with Gasteiger partial charge in [0.1, 0.15) is 6.04 Å². The number of nitrogens with two attached hydrogens (primary N) is 1. The summed E-state index contributed by atoms with van der Waals surface area (Å²) in [5.74, 6) is -2.25. The molecule has 122 valence electrons. The first-order valence-corrected chi connectivity index (χ1v) is 7.68. The number of amides is 1. The van der Waals surface area contributed by atoms with Crippen molar-refractivity contribution >= 4 is 34.7 Å². The molecule has 0 spiro atoms. The lowest BCUT2D eigenvalue weighted by Crippen LogP contribution is -2.47. The molecule has 1 fully saturated rings. The van der Waals surface area contributed by atoms with Crippen molar-refractivity contribution in [2.24, 2.45) is 5.92 Å². The molecule has 2 aliphatic rings. The number of benzene rings is 1. The number of nitrogen functional groups attached to an aromatic ring is 1. The normalized spacial score (nSPS) is 26.9. The first-order valence-electron chi connectivity index (χ1n) is 7.30. The molecule has 2 aliphatic heterocycles. The summed E-state index contributed by atoms with van der Waals surface area (Å²) in [6.07, 6.45) is 2.19. The Morgan fingerprint density at radius 2 is 2.17 bits per heavy atom. The van der Waals surface area contributed by atoms with Crippen molar-refractivity contribution in [3.05, 3.63) is 34.6 Å². The van der Waals surface area contributed by atoms with Crippen molar-refractivity contribution in [3.63, 3.8) is 0 Å². The summed E-state index contributed by atoms with van der Waals surface area (Å²) in [4.78, 5) is 25.2. The van der Waals surface area contributed by atoms with E-state index in [1.54, 1.807) is 6.92 Å². The van der Waals surface area contributed by atoms with E-state index in [0.717, 1.165) is 0 Å². The first-order chi connectivity index (χ1) is 10.8. The molecule has 0 saturated carbocycles. The highest BCUT2D eigenvalue weighted by Gasteiger charge is 2.47. The Labute approximate surface area is 137 Å². The minimum Gasteiger partial charge on any atom is -0.480 e. The first kappa shape index (κ1) is 15.8. The van der Waals surface area contributed by atoms with Crippen LogP contribution >= 0.6 is 11.6 Å². The molecule has 3 rings (SSSR count). The maximum absolute atomic E-state index is 14.3. The van der Waals surface area contributed by atoms with E-state index < -0.39 is 23.7 Å². The quantitative estimate of drug-likeness (QED) is 0.812. The second kappa shape index (κ2) is 5.53. The second-order valence-electron chi connectivity index (χ2n) is 6.09. The summed E-state index contributed by atoms with van der Waals surface area (Å²) in [7, 11) is 0. The van der Waals surface area contributed by atoms with E-state index in [-0.39, 0.29) is 28.2 Å². The van der Waals surface area contributed by atoms with Crippen LogP contribution in [0.25, 0.3) is 5.57 Å². The third kappa shape index (κ3) is 2.47. The Bertz CT molecular complexity index is 734. The molecule has 7 heteroatoms. The molecule has 0 aliphatic carbocycles. The minimum absolute atomic E-state index is 0.0619. The van der Waals surface area contributed by atoms with Crippen molar-refractivity contribution < 1.29 is 19.1 Å². The highest BCUT2D eigenvalue weighted by molar-refractivity contribution is 6.31. The van der Waals surface area contributed by atoms with Gasteiger partial charge in [0.2, 0.25) is 5.91 Å². The van der Waals surface area contributed by atoms with Crippen LogP contribution in [0, 0.1) is 11.7 Å². The molecule has 5 nitrogen and oxygen atoms in total. The van der Waals surface area contributed by atoms with Crippen molar-refractivity contribution in [3.8, 4) is 0 Å². The number of hydrogen-bond acceptors (Lipinski definition) is 3. The van der Waals surface area contributed by atoms with Crippen molar-refractivity contribution in [1.29, 1.82) is 0 Å². The summed E-state index contributed by atoms with van der Waals surface area (Å²) in [6.45, 7) is 1.80. The van der Waals surface area contributed by atoms with Crippen LogP contribution in [0.4, 0.5) is 10.1 Å². The van der Waals surface area contributed by atoms with Gasteiger partial charge in [0.15, 0.2) is 5.82 Å². The summed E-state index contributed by atoms with van der Waals surface area (Å²) >= 11 is 5.81. The number of nitrogens with zero attached hydrogens (tertiary/aromatic N) is 1. The Balaban J connectivity index is 2.02. The summed E-state index contributed by atoms with van der Waals surface area (Å²) < 4.78 is 14.3. The average Bonchev–Trinajstić information content (AvgIpc) is 2.80. The SMILES string of the molecule is CC1CC2CC(c3c(N)ccc(Cl)c3F)=CC(=O)N2C1C(=O)O. The predicted molar refractivity (Wildman–Crippen MR) is 84.3 cm³/mol. The molecule has 23 heavy (non-hydrogen) atoms. The van der Waals surface area contributed by atoms with Gasteiger partial charge in [0.25, 0.3) is 0 Å². The van der Waals surface area contributed by atoms with E-state index in [1.165, 1.54) is 23.1 Å². The second-order valence-corrected chi connectivity index (χ2v) is 6.50. The monoisotopic (exact) mass is 338 g/mol. The van der Waals surface area contributed by atoms with Crippen LogP contribution < -0.4 is 5.73 Å². The molecule has 1 aromatic carbocycles. The summed E-state index contributed by atoms with van der Waals surface area (Å²) in [5.41, 5.74) is 6.66. The molecule has 0 radical (unpaired) electrons. The molecular formula is C16H16ClFN2O3. The lowest BCUT2D eigenvalue weighted by Gasteiger charge is -2.32. The fourth-order valence-corrected chi connectivity index (χ4v) is 3.79. The zero-order valence-electron chi connectivity index (χ0n) is 12.4. The molecule has 3 N–H and O–H groups in total. The van der Waals surface area contributed by atoms with Gasteiger partial charge in [0.05, 0.1) is 5.02 Å². The Morgan fingerprint density at radius 1 is 1.48 bits per heavy atom. The standard InChI is InChI=1S/C16H16ClFN2O3/c1-7-4-9-5-8(6-12(21)20(9)15(7)16(22)23)13-11(19)3-2-10(17)14(13)18/h2-3,6-7,9,15H,4-5,19H2,1H3,(H,22,23). The van der Waals surface area contributed by atoms with Crippen molar-refractivity contribution in [2.75, 3.05) is 5.73 Å². The van der Waals surface area contributed by atoms with Gasteiger partial charge in [-0.3, -0.25) is 4.79 Å². The minimum atomic E-state index is -1.02. The fraction of sp³-hybridized carbons (Fsp3) is 0.375. The van der Waals surface area contributed by atoms with Crippen molar-refractivity contribution in [2.45, 2.75) is 31.8 Å². The fourth-order valence-electron chi connectivity index (χ4n) is 3.64. The number of carboxylic acid groups (broad SMARTS) is 1. The summed E-state index contributed by atoms with van der Waals surface area (Å²) in [5, 5.41) is 9.27. The summed E-state index contributed by atoms with van der Waals surface area (Å²) in [6, 6.07) is 1.75. The van der Waals surface area contributed by atoms with Crippen LogP contribution in [0.5, 0.6) is 0 Å². The van der Waals surface area contributed by atoms with Gasteiger partial charge in [-0.1, -0.05) is 18.5 Å². The number of halogens is 2. The Kier molecular flexibility index (Phi) is 3.80. The van der Waals surface area contributed by atoms with Crippen LogP contribution in [0.15, 0.2) is 18.2 Å². The average molecular weight is 339 g/mol. The number of anilines is 1. The molecule has 2 heterocycles.